The summed E-state index contributed by atoms with van der Waals surface area (Å²) in [5, 5.41) is 0. The third-order valence-electron chi connectivity index (χ3n) is 4.97. The fraction of sp³-hybridized carbons (Fsp3) is 0.381. The number of ketones is 1. The van der Waals surface area contributed by atoms with Gasteiger partial charge in [0.2, 0.25) is 0 Å². The molecule has 1 aliphatic rings. The lowest BCUT2D eigenvalue weighted by molar-refractivity contribution is -0.160. The highest BCUT2D eigenvalue weighted by atomic mass is 19.1. The number of hydrogen-bond acceptors (Lipinski definition) is 5. The van der Waals surface area contributed by atoms with Gasteiger partial charge in [-0.15, -0.1) is 0 Å². The number of piperidine rings is 1. The molecule has 0 radical (unpaired) electrons. The topological polar surface area (TPSA) is 76.8 Å². The highest BCUT2D eigenvalue weighted by molar-refractivity contribution is 6.41. The summed E-state index contributed by atoms with van der Waals surface area (Å²) >= 11 is 0. The molecule has 0 bridgehead atoms. The first-order chi connectivity index (χ1) is 13.4. The van der Waals surface area contributed by atoms with Gasteiger partial charge in [-0.1, -0.05) is 12.1 Å². The standard InChI is InChI=1S/C21H22FNO5/c1-2-27-20(26)21(13-15-6-8-16(22)9-7-15)10-4-11-23(14-21)19(25)18(24)17-5-3-12-28-17/h3,5-9,12H,2,4,10-11,13-14H2,1H3/t21-/m0/s1. The molecule has 0 unspecified atom stereocenters. The molecule has 7 heteroatoms. The second kappa shape index (κ2) is 8.37. The third kappa shape index (κ3) is 4.13. The summed E-state index contributed by atoms with van der Waals surface area (Å²) in [6.07, 6.45) is 2.69. The van der Waals surface area contributed by atoms with Gasteiger partial charge in [0, 0.05) is 13.1 Å². The summed E-state index contributed by atoms with van der Waals surface area (Å²) in [7, 11) is 0. The Balaban J connectivity index is 1.84. The summed E-state index contributed by atoms with van der Waals surface area (Å²) in [4.78, 5) is 39.2. The number of ether oxygens (including phenoxy) is 1. The molecule has 1 aromatic heterocycles. The molecule has 28 heavy (non-hydrogen) atoms. The van der Waals surface area contributed by atoms with Crippen molar-refractivity contribution in [1.82, 2.24) is 4.90 Å². The Morgan fingerprint density at radius 2 is 1.96 bits per heavy atom. The van der Waals surface area contributed by atoms with Crippen molar-refractivity contribution in [3.05, 3.63) is 59.8 Å². The van der Waals surface area contributed by atoms with Crippen LogP contribution in [0.25, 0.3) is 0 Å². The van der Waals surface area contributed by atoms with Crippen molar-refractivity contribution in [3.8, 4) is 0 Å². The number of furan rings is 1. The van der Waals surface area contributed by atoms with E-state index < -0.39 is 23.1 Å². The highest BCUT2D eigenvalue weighted by Crippen LogP contribution is 2.35. The number of esters is 1. The normalized spacial score (nSPS) is 19.3. The van der Waals surface area contributed by atoms with E-state index in [4.69, 9.17) is 9.15 Å². The first-order valence-corrected chi connectivity index (χ1v) is 9.24. The van der Waals surface area contributed by atoms with Crippen LogP contribution in [0.3, 0.4) is 0 Å². The van der Waals surface area contributed by atoms with Crippen LogP contribution in [0.15, 0.2) is 47.1 Å². The number of benzene rings is 1. The van der Waals surface area contributed by atoms with Gasteiger partial charge in [0.15, 0.2) is 5.76 Å². The van der Waals surface area contributed by atoms with Crippen molar-refractivity contribution in [2.24, 2.45) is 5.41 Å². The molecule has 0 aliphatic carbocycles. The quantitative estimate of drug-likeness (QED) is 0.433. The van der Waals surface area contributed by atoms with Gasteiger partial charge in [-0.05, 0) is 56.0 Å². The summed E-state index contributed by atoms with van der Waals surface area (Å²) in [5.74, 6) is -2.26. The molecule has 1 atom stereocenters. The van der Waals surface area contributed by atoms with E-state index in [1.807, 2.05) is 0 Å². The van der Waals surface area contributed by atoms with E-state index in [1.165, 1.54) is 35.4 Å². The fourth-order valence-electron chi connectivity index (χ4n) is 3.62. The van der Waals surface area contributed by atoms with Gasteiger partial charge in [-0.3, -0.25) is 14.4 Å². The number of nitrogens with zero attached hydrogens (tertiary/aromatic N) is 1. The molecule has 3 rings (SSSR count). The van der Waals surface area contributed by atoms with E-state index in [9.17, 15) is 18.8 Å². The average Bonchev–Trinajstić information content (AvgIpc) is 3.24. The van der Waals surface area contributed by atoms with Gasteiger partial charge in [-0.25, -0.2) is 4.39 Å². The second-order valence-corrected chi connectivity index (χ2v) is 6.94. The van der Waals surface area contributed by atoms with Crippen LogP contribution in [0, 0.1) is 11.2 Å². The van der Waals surface area contributed by atoms with Gasteiger partial charge in [-0.2, -0.15) is 0 Å². The maximum Gasteiger partial charge on any atom is 0.314 e. The Hall–Kier alpha value is -2.96. The largest absolute Gasteiger partial charge is 0.466 e. The maximum atomic E-state index is 13.2. The lowest BCUT2D eigenvalue weighted by atomic mass is 9.75. The Bertz CT molecular complexity index is 846. The predicted octanol–water partition coefficient (Wildman–Crippen LogP) is 3.02. The van der Waals surface area contributed by atoms with Gasteiger partial charge < -0.3 is 14.1 Å². The molecule has 1 saturated heterocycles. The SMILES string of the molecule is CCOC(=O)[C@]1(Cc2ccc(F)cc2)CCCN(C(=O)C(=O)c2ccco2)C1. The number of halogens is 1. The van der Waals surface area contributed by atoms with Crippen LogP contribution in [0.1, 0.15) is 35.9 Å². The molecule has 6 nitrogen and oxygen atoms in total. The number of carbonyl (C=O) groups excluding carboxylic acids is 3. The van der Waals surface area contributed by atoms with Gasteiger partial charge >= 0.3 is 5.97 Å². The van der Waals surface area contributed by atoms with E-state index in [2.05, 4.69) is 0 Å². The Morgan fingerprint density at radius 3 is 2.61 bits per heavy atom. The summed E-state index contributed by atoms with van der Waals surface area (Å²) in [5.41, 5.74) is -0.216. The van der Waals surface area contributed by atoms with E-state index in [-0.39, 0.29) is 24.7 Å². The van der Waals surface area contributed by atoms with Gasteiger partial charge in [0.25, 0.3) is 11.7 Å². The van der Waals surface area contributed by atoms with Gasteiger partial charge in [0.1, 0.15) is 5.82 Å². The van der Waals surface area contributed by atoms with Crippen molar-refractivity contribution >= 4 is 17.7 Å². The van der Waals surface area contributed by atoms with Crippen molar-refractivity contribution < 1.29 is 27.9 Å². The Kier molecular flexibility index (Phi) is 5.92. The van der Waals surface area contributed by atoms with Crippen LogP contribution in [-0.4, -0.2) is 42.3 Å². The predicted molar refractivity (Wildman–Crippen MR) is 98.0 cm³/mol. The summed E-state index contributed by atoms with van der Waals surface area (Å²) in [6.45, 7) is 2.36. The van der Waals surface area contributed by atoms with Crippen LogP contribution in [0.2, 0.25) is 0 Å². The molecule has 2 heterocycles. The molecule has 1 aromatic carbocycles. The second-order valence-electron chi connectivity index (χ2n) is 6.94. The minimum absolute atomic E-state index is 0.0316. The molecule has 0 saturated carbocycles. The lowest BCUT2D eigenvalue weighted by Crippen LogP contribution is -2.53. The molecule has 1 amide bonds. The van der Waals surface area contributed by atoms with Crippen LogP contribution < -0.4 is 0 Å². The van der Waals surface area contributed by atoms with E-state index in [0.29, 0.717) is 25.8 Å². The first-order valence-electron chi connectivity index (χ1n) is 9.24. The third-order valence-corrected chi connectivity index (χ3v) is 4.97. The molecule has 0 N–H and O–H groups in total. The monoisotopic (exact) mass is 387 g/mol. The number of Topliss-reactive ketones (excluding diaryl/α,β-unsaturated/α-hetero) is 1. The van der Waals surface area contributed by atoms with Gasteiger partial charge in [0.05, 0.1) is 18.3 Å². The maximum absolute atomic E-state index is 13.2. The van der Waals surface area contributed by atoms with Crippen LogP contribution in [0.5, 0.6) is 0 Å². The van der Waals surface area contributed by atoms with Crippen molar-refractivity contribution in [2.75, 3.05) is 19.7 Å². The molecule has 0 spiro atoms. The zero-order valence-electron chi connectivity index (χ0n) is 15.7. The minimum Gasteiger partial charge on any atom is -0.466 e. The van der Waals surface area contributed by atoms with Crippen LogP contribution >= 0.6 is 0 Å². The Labute approximate surface area is 162 Å². The number of likely N-dealkylation sites (tertiary alicyclic amines) is 1. The lowest BCUT2D eigenvalue weighted by Gasteiger charge is -2.40. The number of carbonyl (C=O) groups is 3. The highest BCUT2D eigenvalue weighted by Gasteiger charge is 2.45. The number of hydrogen-bond donors (Lipinski definition) is 0. The molecule has 1 aliphatic heterocycles. The number of amides is 1. The molecular formula is C21H22FNO5. The Morgan fingerprint density at radius 1 is 1.21 bits per heavy atom. The van der Waals surface area contributed by atoms with Crippen molar-refractivity contribution in [3.63, 3.8) is 0 Å². The van der Waals surface area contributed by atoms with Crippen LogP contribution in [0.4, 0.5) is 4.39 Å². The average molecular weight is 387 g/mol. The summed E-state index contributed by atoms with van der Waals surface area (Å²) in [6, 6.07) is 8.87. The molecular weight excluding hydrogens is 365 g/mol. The van der Waals surface area contributed by atoms with Crippen molar-refractivity contribution in [1.29, 1.82) is 0 Å². The zero-order chi connectivity index (χ0) is 20.1. The number of rotatable bonds is 6. The minimum atomic E-state index is -0.981. The molecule has 2 aromatic rings. The van der Waals surface area contributed by atoms with E-state index >= 15 is 0 Å². The molecule has 148 valence electrons. The zero-order valence-corrected chi connectivity index (χ0v) is 15.7. The smallest absolute Gasteiger partial charge is 0.314 e. The fourth-order valence-corrected chi connectivity index (χ4v) is 3.62. The van der Waals surface area contributed by atoms with E-state index in [1.54, 1.807) is 19.1 Å². The summed E-state index contributed by atoms with van der Waals surface area (Å²) < 4.78 is 23.6. The van der Waals surface area contributed by atoms with E-state index in [0.717, 1.165) is 5.56 Å². The van der Waals surface area contributed by atoms with Crippen molar-refractivity contribution in [2.45, 2.75) is 26.2 Å². The molecule has 1 fully saturated rings. The van der Waals surface area contributed by atoms with Crippen LogP contribution in [-0.2, 0) is 20.7 Å². The first kappa shape index (κ1) is 19.8.